The van der Waals surface area contributed by atoms with Gasteiger partial charge in [-0.15, -0.1) is 0 Å². The molecule has 0 bridgehead atoms. The lowest BCUT2D eigenvalue weighted by Gasteiger charge is -2.18. The van der Waals surface area contributed by atoms with Crippen LogP contribution in [-0.2, 0) is 28.6 Å². The number of carbonyl (C=O) groups is 3. The van der Waals surface area contributed by atoms with E-state index in [0.717, 1.165) is 96.3 Å². The van der Waals surface area contributed by atoms with E-state index in [2.05, 4.69) is 93.7 Å². The number of unbranched alkanes of at least 4 members (excludes halogenated alkanes) is 38. The van der Waals surface area contributed by atoms with Crippen LogP contribution in [-0.4, -0.2) is 37.2 Å². The SMILES string of the molecule is CCCCC/C=C\C/C=C\C/C=C\CCCCCCCCC(=O)OC(COC(=O)CCCCCCCCCCCC/C=C\C/C=C\C/C=C\CCCCCCC)COC(=O)CCCCCCCCCCCCCCCCC. The van der Waals surface area contributed by atoms with Crippen LogP contribution in [0.3, 0.4) is 0 Å². The Bertz CT molecular complexity index is 1420. The zero-order valence-corrected chi connectivity index (χ0v) is 51.2. The normalized spacial score (nSPS) is 12.5. The number of rotatable bonds is 61. The molecule has 1 unspecified atom stereocenters. The first-order valence-corrected chi connectivity index (χ1v) is 33.4. The van der Waals surface area contributed by atoms with E-state index in [1.807, 2.05) is 0 Å². The molecule has 0 aliphatic carbocycles. The summed E-state index contributed by atoms with van der Waals surface area (Å²) in [6.45, 7) is 6.63. The number of carbonyl (C=O) groups excluding carboxylic acids is 3. The minimum Gasteiger partial charge on any atom is -0.462 e. The number of hydrogen-bond acceptors (Lipinski definition) is 6. The van der Waals surface area contributed by atoms with Crippen molar-refractivity contribution in [2.45, 2.75) is 348 Å². The van der Waals surface area contributed by atoms with Crippen LogP contribution in [0.2, 0.25) is 0 Å². The summed E-state index contributed by atoms with van der Waals surface area (Å²) in [5.41, 5.74) is 0. The van der Waals surface area contributed by atoms with E-state index >= 15 is 0 Å². The molecule has 0 saturated heterocycles. The topological polar surface area (TPSA) is 78.9 Å². The molecule has 1 atom stereocenters. The van der Waals surface area contributed by atoms with Crippen LogP contribution >= 0.6 is 0 Å². The van der Waals surface area contributed by atoms with Crippen molar-refractivity contribution in [2.75, 3.05) is 13.2 Å². The lowest BCUT2D eigenvalue weighted by Crippen LogP contribution is -2.30. The zero-order chi connectivity index (χ0) is 55.7. The molecule has 0 heterocycles. The third-order valence-corrected chi connectivity index (χ3v) is 14.7. The second-order valence-corrected chi connectivity index (χ2v) is 22.4. The first kappa shape index (κ1) is 73.8. The van der Waals surface area contributed by atoms with E-state index < -0.39 is 6.10 Å². The van der Waals surface area contributed by atoms with Gasteiger partial charge in [0.1, 0.15) is 13.2 Å². The minimum absolute atomic E-state index is 0.0788. The van der Waals surface area contributed by atoms with Gasteiger partial charge in [0.25, 0.3) is 0 Å². The Morgan fingerprint density at radius 3 is 0.753 bits per heavy atom. The van der Waals surface area contributed by atoms with Gasteiger partial charge in [0.05, 0.1) is 0 Å². The molecule has 0 aromatic heterocycles. The van der Waals surface area contributed by atoms with E-state index in [4.69, 9.17) is 14.2 Å². The Morgan fingerprint density at radius 1 is 0.260 bits per heavy atom. The van der Waals surface area contributed by atoms with Gasteiger partial charge in [-0.2, -0.15) is 0 Å². The first-order chi connectivity index (χ1) is 38.0. The first-order valence-electron chi connectivity index (χ1n) is 33.4. The van der Waals surface area contributed by atoms with Gasteiger partial charge in [0.15, 0.2) is 6.10 Å². The molecular formula is C71H126O6. The summed E-state index contributed by atoms with van der Waals surface area (Å²) in [6, 6.07) is 0. The van der Waals surface area contributed by atoms with Crippen molar-refractivity contribution in [3.8, 4) is 0 Å². The lowest BCUT2D eigenvalue weighted by molar-refractivity contribution is -0.167. The molecule has 77 heavy (non-hydrogen) atoms. The highest BCUT2D eigenvalue weighted by Gasteiger charge is 2.19. The summed E-state index contributed by atoms with van der Waals surface area (Å²) >= 11 is 0. The predicted octanol–water partition coefficient (Wildman–Crippen LogP) is 22.9. The molecule has 0 aliphatic heterocycles. The van der Waals surface area contributed by atoms with E-state index in [0.29, 0.717) is 19.3 Å². The summed E-state index contributed by atoms with van der Waals surface area (Å²) < 4.78 is 17.0. The maximum absolute atomic E-state index is 12.9. The molecule has 6 heteroatoms. The predicted molar refractivity (Wildman–Crippen MR) is 335 cm³/mol. The van der Waals surface area contributed by atoms with Crippen LogP contribution in [0.25, 0.3) is 0 Å². The molecule has 6 nitrogen and oxygen atoms in total. The van der Waals surface area contributed by atoms with Crippen LogP contribution < -0.4 is 0 Å². The van der Waals surface area contributed by atoms with Crippen LogP contribution in [0.4, 0.5) is 0 Å². The van der Waals surface area contributed by atoms with Crippen molar-refractivity contribution in [2.24, 2.45) is 0 Å². The molecular weight excluding hydrogens is 949 g/mol. The molecule has 0 aromatic carbocycles. The van der Waals surface area contributed by atoms with Gasteiger partial charge in [-0.3, -0.25) is 14.4 Å². The van der Waals surface area contributed by atoms with Crippen LogP contribution in [0, 0.1) is 0 Å². The Morgan fingerprint density at radius 2 is 0.468 bits per heavy atom. The van der Waals surface area contributed by atoms with E-state index in [1.54, 1.807) is 0 Å². The average Bonchev–Trinajstić information content (AvgIpc) is 3.43. The van der Waals surface area contributed by atoms with Crippen molar-refractivity contribution in [3.63, 3.8) is 0 Å². The van der Waals surface area contributed by atoms with Crippen LogP contribution in [0.1, 0.15) is 342 Å². The fourth-order valence-corrected chi connectivity index (χ4v) is 9.64. The second kappa shape index (κ2) is 65.4. The fourth-order valence-electron chi connectivity index (χ4n) is 9.64. The van der Waals surface area contributed by atoms with Crippen molar-refractivity contribution in [1.82, 2.24) is 0 Å². The van der Waals surface area contributed by atoms with E-state index in [-0.39, 0.29) is 31.1 Å². The molecule has 0 fully saturated rings. The van der Waals surface area contributed by atoms with Gasteiger partial charge in [-0.05, 0) is 96.3 Å². The van der Waals surface area contributed by atoms with Crippen molar-refractivity contribution < 1.29 is 28.6 Å². The Labute approximate surface area is 478 Å². The molecule has 0 spiro atoms. The summed E-state index contributed by atoms with van der Waals surface area (Å²) in [5, 5.41) is 0. The summed E-state index contributed by atoms with van der Waals surface area (Å²) in [6.07, 6.45) is 84.7. The molecule has 0 aliphatic rings. The van der Waals surface area contributed by atoms with Gasteiger partial charge in [0.2, 0.25) is 0 Å². The summed E-state index contributed by atoms with van der Waals surface area (Å²) in [4.78, 5) is 38.4. The van der Waals surface area contributed by atoms with Crippen LogP contribution in [0.5, 0.6) is 0 Å². The molecule has 0 rings (SSSR count). The number of esters is 3. The molecule has 0 aromatic rings. The molecule has 0 N–H and O–H groups in total. The third kappa shape index (κ3) is 63.6. The van der Waals surface area contributed by atoms with Gasteiger partial charge in [-0.25, -0.2) is 0 Å². The number of allylic oxidation sites excluding steroid dienone is 12. The van der Waals surface area contributed by atoms with E-state index in [9.17, 15) is 14.4 Å². The molecule has 446 valence electrons. The quantitative estimate of drug-likeness (QED) is 0.0261. The number of ether oxygens (including phenoxy) is 3. The Balaban J connectivity index is 4.35. The highest BCUT2D eigenvalue weighted by Crippen LogP contribution is 2.17. The van der Waals surface area contributed by atoms with Gasteiger partial charge in [-0.1, -0.05) is 299 Å². The van der Waals surface area contributed by atoms with E-state index in [1.165, 1.54) is 205 Å². The Kier molecular flexibility index (Phi) is 62.7. The molecule has 0 saturated carbocycles. The average molecular weight is 1080 g/mol. The fraction of sp³-hybridized carbons (Fsp3) is 0.789. The monoisotopic (exact) mass is 1070 g/mol. The van der Waals surface area contributed by atoms with Gasteiger partial charge >= 0.3 is 17.9 Å². The number of hydrogen-bond donors (Lipinski definition) is 0. The molecule has 0 radical (unpaired) electrons. The minimum atomic E-state index is -0.784. The maximum atomic E-state index is 12.9. The van der Waals surface area contributed by atoms with Crippen molar-refractivity contribution in [1.29, 1.82) is 0 Å². The summed E-state index contributed by atoms with van der Waals surface area (Å²) in [7, 11) is 0. The lowest BCUT2D eigenvalue weighted by atomic mass is 10.0. The molecule has 0 amide bonds. The standard InChI is InChI=1S/C71H126O6/c1-4-7-10-13-16-19-22-25-28-30-32-33-34-35-36-37-39-40-43-46-49-52-55-58-61-64-70(73)76-67-68(66-75-69(72)63-60-57-54-51-48-45-42-27-24-21-18-15-12-9-6-3)77-71(74)65-62-59-56-53-50-47-44-41-38-31-29-26-23-20-17-14-11-8-5-2/h17,20,22,25-26,29-30,32,34-35,38,41,68H,4-16,18-19,21,23-24,27-28,31,33,36-37,39-40,42-67H2,1-3H3/b20-17-,25-22-,29-26-,32-30-,35-34-,41-38-. The van der Waals surface area contributed by atoms with Gasteiger partial charge < -0.3 is 14.2 Å². The van der Waals surface area contributed by atoms with Gasteiger partial charge in [0, 0.05) is 19.3 Å². The van der Waals surface area contributed by atoms with Crippen molar-refractivity contribution in [3.05, 3.63) is 72.9 Å². The smallest absolute Gasteiger partial charge is 0.306 e. The third-order valence-electron chi connectivity index (χ3n) is 14.7. The highest BCUT2D eigenvalue weighted by atomic mass is 16.6. The zero-order valence-electron chi connectivity index (χ0n) is 51.2. The largest absolute Gasteiger partial charge is 0.462 e. The van der Waals surface area contributed by atoms with Crippen LogP contribution in [0.15, 0.2) is 72.9 Å². The Hall–Kier alpha value is -3.15. The highest BCUT2D eigenvalue weighted by molar-refractivity contribution is 5.71. The second-order valence-electron chi connectivity index (χ2n) is 22.4. The summed E-state index contributed by atoms with van der Waals surface area (Å²) in [5.74, 6) is -0.878. The maximum Gasteiger partial charge on any atom is 0.306 e. The van der Waals surface area contributed by atoms with Crippen molar-refractivity contribution >= 4 is 17.9 Å².